The molecule has 1 aliphatic heterocycles. The first-order chi connectivity index (χ1) is 11.2. The lowest BCUT2D eigenvalue weighted by molar-refractivity contribution is -0.137. The standard InChI is InChI=1S/C18H25BO5/c1-7-22-16(20)12-15(13-8-10-14(21-6)11-9-13)19-23-17(2,3)18(4,5)24-19/h8-12H,7H2,1-6H3/b15-12-. The van der Waals surface area contributed by atoms with Crippen LogP contribution in [0.5, 0.6) is 5.75 Å². The van der Waals surface area contributed by atoms with E-state index in [1.807, 2.05) is 52.0 Å². The van der Waals surface area contributed by atoms with Gasteiger partial charge in [-0.3, -0.25) is 0 Å². The summed E-state index contributed by atoms with van der Waals surface area (Å²) >= 11 is 0. The Morgan fingerprint density at radius 3 is 2.12 bits per heavy atom. The second-order valence-corrected chi connectivity index (χ2v) is 6.67. The van der Waals surface area contributed by atoms with Crippen molar-refractivity contribution in [2.75, 3.05) is 13.7 Å². The number of benzene rings is 1. The van der Waals surface area contributed by atoms with E-state index >= 15 is 0 Å². The molecule has 130 valence electrons. The smallest absolute Gasteiger partial charge is 0.495 e. The largest absolute Gasteiger partial charge is 0.497 e. The molecule has 0 amide bonds. The molecule has 6 heteroatoms. The molecule has 24 heavy (non-hydrogen) atoms. The fourth-order valence-corrected chi connectivity index (χ4v) is 2.35. The van der Waals surface area contributed by atoms with Crippen LogP contribution in [0.15, 0.2) is 30.3 Å². The van der Waals surface area contributed by atoms with E-state index in [9.17, 15) is 4.79 Å². The minimum Gasteiger partial charge on any atom is -0.497 e. The van der Waals surface area contributed by atoms with E-state index in [0.29, 0.717) is 12.1 Å². The summed E-state index contributed by atoms with van der Waals surface area (Å²) in [5.41, 5.74) is 0.479. The zero-order chi connectivity index (χ0) is 18.0. The Morgan fingerprint density at radius 1 is 1.12 bits per heavy atom. The van der Waals surface area contributed by atoms with Crippen molar-refractivity contribution in [1.82, 2.24) is 0 Å². The third-order valence-electron chi connectivity index (χ3n) is 4.49. The zero-order valence-electron chi connectivity index (χ0n) is 15.2. The van der Waals surface area contributed by atoms with E-state index in [2.05, 4.69) is 0 Å². The van der Waals surface area contributed by atoms with Crippen LogP contribution in [0.3, 0.4) is 0 Å². The van der Waals surface area contributed by atoms with E-state index in [1.165, 1.54) is 6.08 Å². The van der Waals surface area contributed by atoms with E-state index in [0.717, 1.165) is 11.3 Å². The number of esters is 1. The normalized spacial score (nSPS) is 19.2. The van der Waals surface area contributed by atoms with Crippen LogP contribution in [0.2, 0.25) is 0 Å². The van der Waals surface area contributed by atoms with Crippen LogP contribution < -0.4 is 4.74 Å². The molecule has 1 saturated heterocycles. The average Bonchev–Trinajstić information content (AvgIpc) is 2.73. The summed E-state index contributed by atoms with van der Waals surface area (Å²) in [4.78, 5) is 12.0. The maximum absolute atomic E-state index is 12.0. The van der Waals surface area contributed by atoms with Gasteiger partial charge in [-0.25, -0.2) is 4.79 Å². The van der Waals surface area contributed by atoms with Crippen LogP contribution >= 0.6 is 0 Å². The van der Waals surface area contributed by atoms with Crippen molar-refractivity contribution in [1.29, 1.82) is 0 Å². The van der Waals surface area contributed by atoms with Crippen LogP contribution in [0.1, 0.15) is 40.2 Å². The highest BCUT2D eigenvalue weighted by Crippen LogP contribution is 2.40. The molecule has 1 fully saturated rings. The van der Waals surface area contributed by atoms with Gasteiger partial charge >= 0.3 is 13.1 Å². The quantitative estimate of drug-likeness (QED) is 0.471. The van der Waals surface area contributed by atoms with Gasteiger partial charge in [0.05, 0.1) is 24.9 Å². The summed E-state index contributed by atoms with van der Waals surface area (Å²) in [6, 6.07) is 7.41. The number of rotatable bonds is 5. The molecule has 0 aromatic heterocycles. The second kappa shape index (κ2) is 6.99. The molecule has 0 bridgehead atoms. The molecule has 0 aliphatic carbocycles. The summed E-state index contributed by atoms with van der Waals surface area (Å²) in [6.07, 6.45) is 1.44. The summed E-state index contributed by atoms with van der Waals surface area (Å²) in [6.45, 7) is 9.99. The maximum Gasteiger partial charge on any atom is 0.495 e. The molecule has 0 N–H and O–H groups in total. The average molecular weight is 332 g/mol. The minimum absolute atomic E-state index is 0.314. The number of carbonyl (C=O) groups is 1. The Balaban J connectivity index is 2.39. The Hall–Kier alpha value is -1.79. The Bertz CT molecular complexity index is 603. The number of methoxy groups -OCH3 is 1. The number of ether oxygens (including phenoxy) is 2. The molecule has 0 unspecified atom stereocenters. The van der Waals surface area contributed by atoms with E-state index in [1.54, 1.807) is 14.0 Å². The second-order valence-electron chi connectivity index (χ2n) is 6.67. The number of hydrogen-bond acceptors (Lipinski definition) is 5. The van der Waals surface area contributed by atoms with Crippen molar-refractivity contribution in [3.63, 3.8) is 0 Å². The zero-order valence-corrected chi connectivity index (χ0v) is 15.2. The van der Waals surface area contributed by atoms with Gasteiger partial charge in [0.15, 0.2) is 0 Å². The van der Waals surface area contributed by atoms with Crippen molar-refractivity contribution in [2.24, 2.45) is 0 Å². The van der Waals surface area contributed by atoms with E-state index < -0.39 is 24.3 Å². The topological polar surface area (TPSA) is 54.0 Å². The fraction of sp³-hybridized carbons (Fsp3) is 0.500. The Labute approximate surface area is 144 Å². The van der Waals surface area contributed by atoms with Crippen molar-refractivity contribution in [3.8, 4) is 5.75 Å². The minimum atomic E-state index is -0.646. The molecule has 1 heterocycles. The highest BCUT2D eigenvalue weighted by Gasteiger charge is 2.52. The lowest BCUT2D eigenvalue weighted by Crippen LogP contribution is -2.41. The van der Waals surface area contributed by atoms with Crippen molar-refractivity contribution in [2.45, 2.75) is 45.8 Å². The molecule has 5 nitrogen and oxygen atoms in total. The fourth-order valence-electron chi connectivity index (χ4n) is 2.35. The number of hydrogen-bond donors (Lipinski definition) is 0. The number of carbonyl (C=O) groups excluding carboxylic acids is 1. The van der Waals surface area contributed by atoms with Gasteiger partial charge in [-0.2, -0.15) is 0 Å². The predicted octanol–water partition coefficient (Wildman–Crippen LogP) is 3.27. The molecule has 0 spiro atoms. The summed E-state index contributed by atoms with van der Waals surface area (Å²) in [5, 5.41) is 0. The molecule has 1 aromatic carbocycles. The van der Waals surface area contributed by atoms with Gasteiger partial charge in [-0.15, -0.1) is 0 Å². The van der Waals surface area contributed by atoms with Gasteiger partial charge in [0.1, 0.15) is 5.75 Å². The van der Waals surface area contributed by atoms with Gasteiger partial charge < -0.3 is 18.8 Å². The van der Waals surface area contributed by atoms with Gasteiger partial charge in [0.2, 0.25) is 0 Å². The lowest BCUT2D eigenvalue weighted by atomic mass is 9.73. The third kappa shape index (κ3) is 3.82. The molecule has 1 aliphatic rings. The molecular weight excluding hydrogens is 307 g/mol. The molecule has 0 saturated carbocycles. The summed E-state index contributed by atoms with van der Waals surface area (Å²) in [7, 11) is 0.964. The first-order valence-corrected chi connectivity index (χ1v) is 8.08. The molecule has 1 aromatic rings. The monoisotopic (exact) mass is 332 g/mol. The highest BCUT2D eigenvalue weighted by atomic mass is 16.7. The SMILES string of the molecule is CCOC(=O)/C=C(\B1OC(C)(C)C(C)(C)O1)c1ccc(OC)cc1. The van der Waals surface area contributed by atoms with Crippen LogP contribution in [0.4, 0.5) is 0 Å². The van der Waals surface area contributed by atoms with Crippen LogP contribution in [0, 0.1) is 0 Å². The summed E-state index contributed by atoms with van der Waals surface area (Å²) in [5.74, 6) is 0.321. The third-order valence-corrected chi connectivity index (χ3v) is 4.49. The Morgan fingerprint density at radius 2 is 1.67 bits per heavy atom. The van der Waals surface area contributed by atoms with Crippen LogP contribution in [-0.4, -0.2) is 38.0 Å². The van der Waals surface area contributed by atoms with Crippen molar-refractivity contribution in [3.05, 3.63) is 35.9 Å². The predicted molar refractivity (Wildman–Crippen MR) is 93.7 cm³/mol. The lowest BCUT2D eigenvalue weighted by Gasteiger charge is -2.32. The first-order valence-electron chi connectivity index (χ1n) is 8.08. The van der Waals surface area contributed by atoms with Gasteiger partial charge in [0, 0.05) is 6.08 Å². The molecular formula is C18H25BO5. The van der Waals surface area contributed by atoms with E-state index in [4.69, 9.17) is 18.8 Å². The van der Waals surface area contributed by atoms with Gasteiger partial charge in [-0.05, 0) is 57.8 Å². The van der Waals surface area contributed by atoms with Gasteiger partial charge in [-0.1, -0.05) is 12.1 Å². The van der Waals surface area contributed by atoms with Crippen molar-refractivity contribution < 1.29 is 23.6 Å². The summed E-state index contributed by atoms with van der Waals surface area (Å²) < 4.78 is 22.4. The van der Waals surface area contributed by atoms with Crippen LogP contribution in [0.25, 0.3) is 5.47 Å². The maximum atomic E-state index is 12.0. The van der Waals surface area contributed by atoms with Gasteiger partial charge in [0.25, 0.3) is 0 Å². The highest BCUT2D eigenvalue weighted by molar-refractivity contribution is 6.69. The van der Waals surface area contributed by atoms with Crippen LogP contribution in [-0.2, 0) is 18.8 Å². The van der Waals surface area contributed by atoms with E-state index in [-0.39, 0.29) is 0 Å². The molecule has 2 rings (SSSR count). The van der Waals surface area contributed by atoms with Crippen molar-refractivity contribution >= 4 is 18.6 Å². The molecule has 0 radical (unpaired) electrons. The Kier molecular flexibility index (Phi) is 5.40. The first kappa shape index (κ1) is 18.6. The molecule has 0 atom stereocenters.